The standard InChI is InChI=1S/C48H74O19/c1-21-29(51)31(53)34(56)39(63-21)66-37-24(18-49)64-38(36(58)33(37)55)62-19-25-30(52)32(54)35(57)40(65-25)67-42(61)48-15-10-22-23(47(48,7)20-44(4,16-17-48)41(59)60)8-9-27-45(22,5)13-11-26-43(2,3)28(50)12-14-46(26,27)6/h10,21,23-27,29-40,49,51-58H,8-9,11-20H2,1-7H3,(H,59,60)/t21-,23-,24+,25+,26-,27-,29-,30+,31+,32-,33+,34+,35+,36+,37+,38+,39-,40-,44+,45-,46-,47-,48-/m0/s1. The molecular formula is C48H74O19. The van der Waals surface area contributed by atoms with E-state index in [1.54, 1.807) is 6.92 Å². The van der Waals surface area contributed by atoms with E-state index in [9.17, 15) is 60.7 Å². The molecule has 0 aromatic rings. The van der Waals surface area contributed by atoms with E-state index in [2.05, 4.69) is 33.8 Å². The summed E-state index contributed by atoms with van der Waals surface area (Å²) < 4.78 is 34.6. The number of aliphatic hydroxyl groups is 9. The van der Waals surface area contributed by atoms with Gasteiger partial charge in [-0.2, -0.15) is 0 Å². The van der Waals surface area contributed by atoms with Crippen LogP contribution in [0.25, 0.3) is 0 Å². The van der Waals surface area contributed by atoms with Crippen molar-refractivity contribution in [1.29, 1.82) is 0 Å². The number of carboxylic acids is 1. The topological polar surface area (TPSA) is 309 Å². The number of hydrogen-bond acceptors (Lipinski definition) is 18. The zero-order chi connectivity index (χ0) is 49.1. The molecule has 10 N–H and O–H groups in total. The molecule has 4 saturated carbocycles. The molecule has 0 amide bonds. The van der Waals surface area contributed by atoms with Crippen LogP contribution < -0.4 is 0 Å². The number of esters is 1. The Morgan fingerprint density at radius 1 is 0.716 bits per heavy atom. The second kappa shape index (κ2) is 17.8. The van der Waals surface area contributed by atoms with E-state index >= 15 is 4.79 Å². The second-order valence-electron chi connectivity index (χ2n) is 23.0. The summed E-state index contributed by atoms with van der Waals surface area (Å²) in [6, 6.07) is 0. The molecule has 23 atom stereocenters. The van der Waals surface area contributed by atoms with Gasteiger partial charge in [0.25, 0.3) is 0 Å². The molecule has 0 radical (unpaired) electrons. The Hall–Kier alpha value is -2.21. The summed E-state index contributed by atoms with van der Waals surface area (Å²) in [7, 11) is 0. The summed E-state index contributed by atoms with van der Waals surface area (Å²) >= 11 is 0. The molecule has 19 nitrogen and oxygen atoms in total. The summed E-state index contributed by atoms with van der Waals surface area (Å²) in [5.74, 6) is -1.07. The molecule has 67 heavy (non-hydrogen) atoms. The van der Waals surface area contributed by atoms with Crippen molar-refractivity contribution in [3.8, 4) is 0 Å². The third-order valence-corrected chi connectivity index (χ3v) is 19.1. The van der Waals surface area contributed by atoms with E-state index < -0.39 is 139 Å². The Labute approximate surface area is 390 Å². The quantitative estimate of drug-likeness (QED) is 0.111. The Morgan fingerprint density at radius 2 is 1.36 bits per heavy atom. The number of ether oxygens (including phenoxy) is 6. The first-order chi connectivity index (χ1) is 31.2. The zero-order valence-electron chi connectivity index (χ0n) is 39.6. The molecule has 0 spiro atoms. The predicted octanol–water partition coefficient (Wildman–Crippen LogP) is 0.441. The van der Waals surface area contributed by atoms with Crippen LogP contribution in [0.1, 0.15) is 113 Å². The van der Waals surface area contributed by atoms with Crippen LogP contribution in [0.3, 0.4) is 0 Å². The molecule has 0 aromatic heterocycles. The Kier molecular flexibility index (Phi) is 13.6. The van der Waals surface area contributed by atoms with Gasteiger partial charge in [0.15, 0.2) is 12.6 Å². The summed E-state index contributed by atoms with van der Waals surface area (Å²) in [6.45, 7) is 12.5. The minimum absolute atomic E-state index is 0.0874. The lowest BCUT2D eigenvalue weighted by atomic mass is 9.35. The number of rotatable bonds is 9. The van der Waals surface area contributed by atoms with Gasteiger partial charge in [0.1, 0.15) is 72.9 Å². The van der Waals surface area contributed by atoms with Crippen molar-refractivity contribution in [1.82, 2.24) is 0 Å². The van der Waals surface area contributed by atoms with E-state index in [4.69, 9.17) is 28.4 Å². The lowest BCUT2D eigenvalue weighted by molar-refractivity contribution is -0.361. The average Bonchev–Trinajstić information content (AvgIpc) is 3.27. The van der Waals surface area contributed by atoms with Gasteiger partial charge < -0.3 is 79.5 Å². The van der Waals surface area contributed by atoms with Crippen LogP contribution >= 0.6 is 0 Å². The van der Waals surface area contributed by atoms with Crippen LogP contribution in [-0.4, -0.2) is 174 Å². The van der Waals surface area contributed by atoms with E-state index in [0.717, 1.165) is 25.7 Å². The number of carbonyl (C=O) groups excluding carboxylic acids is 2. The molecule has 5 aliphatic carbocycles. The van der Waals surface area contributed by atoms with Crippen molar-refractivity contribution in [2.45, 2.75) is 205 Å². The summed E-state index contributed by atoms with van der Waals surface area (Å²) in [4.78, 5) is 41.3. The van der Waals surface area contributed by atoms with Gasteiger partial charge in [0.05, 0.1) is 30.1 Å². The second-order valence-corrected chi connectivity index (χ2v) is 23.0. The monoisotopic (exact) mass is 954 g/mol. The molecule has 0 aromatic carbocycles. The Morgan fingerprint density at radius 3 is 2.03 bits per heavy atom. The maximum atomic E-state index is 15.1. The van der Waals surface area contributed by atoms with Gasteiger partial charge in [0.2, 0.25) is 6.29 Å². The highest BCUT2D eigenvalue weighted by atomic mass is 16.8. The highest BCUT2D eigenvalue weighted by Gasteiger charge is 2.70. The van der Waals surface area contributed by atoms with Crippen LogP contribution in [0.5, 0.6) is 0 Å². The average molecular weight is 955 g/mol. The Bertz CT molecular complexity index is 1930. The molecule has 8 aliphatic rings. The van der Waals surface area contributed by atoms with Crippen molar-refractivity contribution >= 4 is 17.7 Å². The molecular weight excluding hydrogens is 881 g/mol. The van der Waals surface area contributed by atoms with Crippen LogP contribution in [0.15, 0.2) is 11.6 Å². The van der Waals surface area contributed by atoms with E-state index in [1.807, 2.05) is 6.92 Å². The minimum Gasteiger partial charge on any atom is -0.481 e. The van der Waals surface area contributed by atoms with Gasteiger partial charge >= 0.3 is 11.9 Å². The van der Waals surface area contributed by atoms with Gasteiger partial charge in [-0.25, -0.2) is 0 Å². The minimum atomic E-state index is -1.92. The van der Waals surface area contributed by atoms with Crippen molar-refractivity contribution < 1.29 is 93.9 Å². The van der Waals surface area contributed by atoms with Crippen LogP contribution in [0, 0.1) is 50.2 Å². The van der Waals surface area contributed by atoms with Crippen LogP contribution in [-0.2, 0) is 42.8 Å². The molecule has 0 bridgehead atoms. The summed E-state index contributed by atoms with van der Waals surface area (Å²) in [6.07, 6.45) is -17.3. The van der Waals surface area contributed by atoms with E-state index in [1.165, 1.54) is 12.5 Å². The van der Waals surface area contributed by atoms with Crippen molar-refractivity contribution in [3.63, 3.8) is 0 Å². The number of aliphatic hydroxyl groups excluding tert-OH is 9. The number of allylic oxidation sites excluding steroid dienone is 2. The molecule has 3 saturated heterocycles. The number of carbonyl (C=O) groups is 3. The maximum absolute atomic E-state index is 15.1. The third kappa shape index (κ3) is 7.88. The molecule has 3 heterocycles. The zero-order valence-corrected chi connectivity index (χ0v) is 39.6. The highest BCUT2D eigenvalue weighted by Crippen LogP contribution is 2.74. The molecule has 19 heteroatoms. The lowest BCUT2D eigenvalue weighted by Crippen LogP contribution is -2.65. The number of ketones is 1. The SMILES string of the molecule is C[C@@H]1O[C@@H](O[C@H]2[C@H](O)[C@@H](O)[C@H](OC[C@H]3O[C@@H](OC(=O)[C@@]45CC=C6[C@H](CC[C@@H]7[C@@]8(C)CCC(=O)C(C)(C)[C@@H]8CC[C@@]67C)[C@]4(C)C[C@](C)(C(=O)O)CC5)[C@H](O)[C@@H](O)[C@@H]3O)O[C@@H]2CO)[C@H](O)[C@H](O)[C@H]1O. The fourth-order valence-electron chi connectivity index (χ4n) is 15.0. The molecule has 8 rings (SSSR count). The molecule has 7 fully saturated rings. The van der Waals surface area contributed by atoms with Crippen molar-refractivity contribution in [2.75, 3.05) is 13.2 Å². The van der Waals surface area contributed by atoms with Gasteiger partial charge in [-0.1, -0.05) is 46.3 Å². The largest absolute Gasteiger partial charge is 0.481 e. The fraction of sp³-hybridized carbons (Fsp3) is 0.896. The molecule has 380 valence electrons. The first kappa shape index (κ1) is 51.2. The summed E-state index contributed by atoms with van der Waals surface area (Å²) in [5, 5.41) is 107. The normalized spacial score (nSPS) is 53.0. The van der Waals surface area contributed by atoms with Crippen molar-refractivity contribution in [2.24, 2.45) is 50.2 Å². The Balaban J connectivity index is 0.999. The van der Waals surface area contributed by atoms with E-state index in [0.29, 0.717) is 18.6 Å². The van der Waals surface area contributed by atoms with Gasteiger partial charge in [-0.05, 0) is 106 Å². The summed E-state index contributed by atoms with van der Waals surface area (Å²) in [5.41, 5.74) is -2.91. The number of fused-ring (bicyclic) bond motifs is 7. The number of aliphatic carboxylic acids is 1. The highest BCUT2D eigenvalue weighted by molar-refractivity contribution is 5.85. The number of Topliss-reactive ketones (excluding diaryl/α,β-unsaturated/α-hetero) is 1. The first-order valence-electron chi connectivity index (χ1n) is 24.2. The third-order valence-electron chi connectivity index (χ3n) is 19.1. The lowest BCUT2D eigenvalue weighted by Gasteiger charge is -2.69. The smallest absolute Gasteiger partial charge is 0.315 e. The van der Waals surface area contributed by atoms with Crippen LogP contribution in [0.4, 0.5) is 0 Å². The predicted molar refractivity (Wildman–Crippen MR) is 230 cm³/mol. The molecule has 3 aliphatic heterocycles. The fourth-order valence-corrected chi connectivity index (χ4v) is 15.0. The van der Waals surface area contributed by atoms with Gasteiger partial charge in [0, 0.05) is 11.8 Å². The van der Waals surface area contributed by atoms with Gasteiger partial charge in [-0.3, -0.25) is 14.4 Å². The van der Waals surface area contributed by atoms with Gasteiger partial charge in [-0.15, -0.1) is 0 Å². The number of hydrogen-bond donors (Lipinski definition) is 10. The maximum Gasteiger partial charge on any atom is 0.315 e. The van der Waals surface area contributed by atoms with E-state index in [-0.39, 0.29) is 54.3 Å². The van der Waals surface area contributed by atoms with Crippen LogP contribution in [0.2, 0.25) is 0 Å². The number of carboxylic acid groups (broad SMARTS) is 1. The molecule has 0 unspecified atom stereocenters. The van der Waals surface area contributed by atoms with Crippen molar-refractivity contribution in [3.05, 3.63) is 11.6 Å². The first-order valence-corrected chi connectivity index (χ1v) is 24.2.